The Hall–Kier alpha value is -2.47. The Balaban J connectivity index is 1.49. The van der Waals surface area contributed by atoms with Crippen LogP contribution < -0.4 is 10.0 Å². The largest absolute Gasteiger partial charge is 0.378 e. The van der Waals surface area contributed by atoms with E-state index >= 15 is 0 Å². The van der Waals surface area contributed by atoms with Gasteiger partial charge in [-0.25, -0.2) is 8.42 Å². The smallest absolute Gasteiger partial charge is 0.261 e. The van der Waals surface area contributed by atoms with Crippen LogP contribution in [0, 0.1) is 12.8 Å². The molecule has 1 aliphatic heterocycles. The highest BCUT2D eigenvalue weighted by Crippen LogP contribution is 2.50. The van der Waals surface area contributed by atoms with Gasteiger partial charge in [-0.1, -0.05) is 53.6 Å². The van der Waals surface area contributed by atoms with Gasteiger partial charge in [0.15, 0.2) is 0 Å². The van der Waals surface area contributed by atoms with Crippen molar-refractivity contribution in [3.63, 3.8) is 0 Å². The highest BCUT2D eigenvalue weighted by atomic mass is 35.5. The Labute approximate surface area is 198 Å². The zero-order valence-corrected chi connectivity index (χ0v) is 19.7. The first-order chi connectivity index (χ1) is 15.3. The summed E-state index contributed by atoms with van der Waals surface area (Å²) in [6, 6.07) is 18.4. The summed E-state index contributed by atoms with van der Waals surface area (Å²) < 4.78 is 28.8. The number of hydrogen-bond acceptors (Lipinski definition) is 3. The molecule has 164 valence electrons. The van der Waals surface area contributed by atoms with Crippen LogP contribution in [0.5, 0.6) is 0 Å². The number of aryl methyl sites for hydroxylation is 1. The van der Waals surface area contributed by atoms with Crippen molar-refractivity contribution in [1.29, 1.82) is 0 Å². The number of anilines is 2. The van der Waals surface area contributed by atoms with E-state index in [9.17, 15) is 8.42 Å². The maximum Gasteiger partial charge on any atom is 0.261 e. The molecule has 3 aromatic carbocycles. The lowest BCUT2D eigenvalue weighted by molar-refractivity contribution is 0.425. The summed E-state index contributed by atoms with van der Waals surface area (Å²) >= 11 is 12.4. The summed E-state index contributed by atoms with van der Waals surface area (Å²) in [5.74, 6) is 0.432. The molecule has 1 aliphatic carbocycles. The number of benzene rings is 3. The standard InChI is InChI=1S/C25H22Cl2N2O2S/c1-15-8-9-18(13-23(15)27)29-32(30,31)19-10-11-24-22(14-19)20-6-3-7-21(20)25(28-24)16-4-2-5-17(26)12-16/h2-6,8-14,20-21,25,28-29H,7H2,1H3/t20-,21+,25+/m0/s1. The molecule has 0 amide bonds. The fourth-order valence-corrected chi connectivity index (χ4v) is 6.10. The second kappa shape index (κ2) is 8.14. The van der Waals surface area contributed by atoms with Crippen LogP contribution in [-0.4, -0.2) is 8.42 Å². The Bertz CT molecular complexity index is 1340. The highest BCUT2D eigenvalue weighted by molar-refractivity contribution is 7.92. The molecule has 4 nitrogen and oxygen atoms in total. The van der Waals surface area contributed by atoms with E-state index in [2.05, 4.69) is 28.3 Å². The van der Waals surface area contributed by atoms with Crippen LogP contribution in [0.3, 0.4) is 0 Å². The lowest BCUT2D eigenvalue weighted by Crippen LogP contribution is -2.29. The summed E-state index contributed by atoms with van der Waals surface area (Å²) in [6.45, 7) is 1.87. The van der Waals surface area contributed by atoms with Crippen molar-refractivity contribution >= 4 is 44.6 Å². The molecule has 1 heterocycles. The Morgan fingerprint density at radius 1 is 1.03 bits per heavy atom. The van der Waals surface area contributed by atoms with Crippen LogP contribution in [-0.2, 0) is 10.0 Å². The van der Waals surface area contributed by atoms with E-state index in [1.807, 2.05) is 31.2 Å². The molecule has 0 bridgehead atoms. The summed E-state index contributed by atoms with van der Waals surface area (Å²) in [4.78, 5) is 0.231. The van der Waals surface area contributed by atoms with E-state index in [0.29, 0.717) is 21.7 Å². The molecule has 0 radical (unpaired) electrons. The number of sulfonamides is 1. The molecule has 5 rings (SSSR count). The number of halogens is 2. The van der Waals surface area contributed by atoms with Crippen molar-refractivity contribution in [2.24, 2.45) is 5.92 Å². The van der Waals surface area contributed by atoms with Crippen LogP contribution >= 0.6 is 23.2 Å². The van der Waals surface area contributed by atoms with E-state index in [-0.39, 0.29) is 16.9 Å². The zero-order valence-electron chi connectivity index (χ0n) is 17.3. The van der Waals surface area contributed by atoms with Gasteiger partial charge in [0.1, 0.15) is 0 Å². The van der Waals surface area contributed by atoms with E-state index in [0.717, 1.165) is 28.8 Å². The number of fused-ring (bicyclic) bond motifs is 3. The molecule has 3 aromatic rings. The topological polar surface area (TPSA) is 58.2 Å². The average Bonchev–Trinajstić information content (AvgIpc) is 3.25. The van der Waals surface area contributed by atoms with Crippen molar-refractivity contribution in [1.82, 2.24) is 0 Å². The lowest BCUT2D eigenvalue weighted by Gasteiger charge is -2.37. The van der Waals surface area contributed by atoms with E-state index in [1.54, 1.807) is 30.3 Å². The van der Waals surface area contributed by atoms with Gasteiger partial charge in [-0.05, 0) is 78.4 Å². The predicted octanol–water partition coefficient (Wildman–Crippen LogP) is 6.93. The number of rotatable bonds is 4. The van der Waals surface area contributed by atoms with Gasteiger partial charge in [0.2, 0.25) is 0 Å². The zero-order chi connectivity index (χ0) is 22.5. The number of nitrogens with one attached hydrogen (secondary N) is 2. The Morgan fingerprint density at radius 3 is 2.66 bits per heavy atom. The number of allylic oxidation sites excluding steroid dienone is 2. The highest BCUT2D eigenvalue weighted by Gasteiger charge is 2.38. The third-order valence-electron chi connectivity index (χ3n) is 6.28. The molecule has 2 N–H and O–H groups in total. The van der Waals surface area contributed by atoms with Crippen LogP contribution in [0.1, 0.15) is 35.1 Å². The van der Waals surface area contributed by atoms with E-state index in [4.69, 9.17) is 23.2 Å². The van der Waals surface area contributed by atoms with Gasteiger partial charge >= 0.3 is 0 Å². The van der Waals surface area contributed by atoms with Gasteiger partial charge in [-0.15, -0.1) is 0 Å². The Kier molecular flexibility index (Phi) is 5.44. The van der Waals surface area contributed by atoms with Gasteiger partial charge < -0.3 is 5.32 Å². The van der Waals surface area contributed by atoms with Gasteiger partial charge in [-0.2, -0.15) is 0 Å². The maximum absolute atomic E-state index is 13.1. The van der Waals surface area contributed by atoms with Gasteiger partial charge in [-0.3, -0.25) is 4.72 Å². The molecule has 0 saturated heterocycles. The third kappa shape index (κ3) is 3.90. The molecule has 0 spiro atoms. The first-order valence-corrected chi connectivity index (χ1v) is 12.7. The second-order valence-electron chi connectivity index (χ2n) is 8.35. The van der Waals surface area contributed by atoms with Crippen LogP contribution in [0.2, 0.25) is 10.0 Å². The Morgan fingerprint density at radius 2 is 1.88 bits per heavy atom. The van der Waals surface area contributed by atoms with E-state index in [1.165, 1.54) is 0 Å². The first kappa shape index (κ1) is 21.4. The van der Waals surface area contributed by atoms with Gasteiger partial charge in [0.05, 0.1) is 16.6 Å². The minimum Gasteiger partial charge on any atom is -0.378 e. The summed E-state index contributed by atoms with van der Waals surface area (Å²) in [7, 11) is -3.75. The van der Waals surface area contributed by atoms with Crippen LogP contribution in [0.4, 0.5) is 11.4 Å². The van der Waals surface area contributed by atoms with Crippen molar-refractivity contribution in [2.75, 3.05) is 10.0 Å². The predicted molar refractivity (Wildman–Crippen MR) is 131 cm³/mol. The number of hydrogen-bond donors (Lipinski definition) is 2. The van der Waals surface area contributed by atoms with Crippen molar-refractivity contribution in [3.05, 3.63) is 99.6 Å². The normalized spacial score (nSPS) is 21.5. The average molecular weight is 485 g/mol. The summed E-state index contributed by atoms with van der Waals surface area (Å²) in [6.07, 6.45) is 5.29. The molecule has 7 heteroatoms. The lowest BCUT2D eigenvalue weighted by atomic mass is 9.77. The fourth-order valence-electron chi connectivity index (χ4n) is 4.64. The van der Waals surface area contributed by atoms with E-state index < -0.39 is 10.0 Å². The van der Waals surface area contributed by atoms with Crippen LogP contribution in [0.15, 0.2) is 77.7 Å². The maximum atomic E-state index is 13.1. The monoisotopic (exact) mass is 484 g/mol. The minimum absolute atomic E-state index is 0.108. The summed E-state index contributed by atoms with van der Waals surface area (Å²) in [5.41, 5.74) is 4.40. The fraction of sp³-hybridized carbons (Fsp3) is 0.200. The van der Waals surface area contributed by atoms with Gasteiger partial charge in [0, 0.05) is 21.7 Å². The van der Waals surface area contributed by atoms with Crippen LogP contribution in [0.25, 0.3) is 0 Å². The molecule has 0 fully saturated rings. The molecule has 2 aliphatic rings. The molecule has 0 saturated carbocycles. The van der Waals surface area contributed by atoms with Crippen molar-refractivity contribution in [3.8, 4) is 0 Å². The van der Waals surface area contributed by atoms with Crippen molar-refractivity contribution in [2.45, 2.75) is 30.2 Å². The SMILES string of the molecule is Cc1ccc(NS(=O)(=O)c2ccc3c(c2)[C@H]2C=CC[C@H]2[C@@H](c2cccc(Cl)c2)N3)cc1Cl. The van der Waals surface area contributed by atoms with Gasteiger partial charge in [0.25, 0.3) is 10.0 Å². The third-order valence-corrected chi connectivity index (χ3v) is 8.30. The quantitative estimate of drug-likeness (QED) is 0.394. The molecule has 0 unspecified atom stereocenters. The second-order valence-corrected chi connectivity index (χ2v) is 10.9. The minimum atomic E-state index is -3.75. The molecular weight excluding hydrogens is 463 g/mol. The molecule has 32 heavy (non-hydrogen) atoms. The molecular formula is C25H22Cl2N2O2S. The summed E-state index contributed by atoms with van der Waals surface area (Å²) in [5, 5.41) is 4.85. The molecule has 0 aromatic heterocycles. The van der Waals surface area contributed by atoms with Crippen molar-refractivity contribution < 1.29 is 8.42 Å². The first-order valence-electron chi connectivity index (χ1n) is 10.4. The molecule has 3 atom stereocenters.